The van der Waals surface area contributed by atoms with Crippen LogP contribution >= 0.6 is 0 Å². The number of hydrogen-bond acceptors (Lipinski definition) is 5. The Bertz CT molecular complexity index is 4800. The van der Waals surface area contributed by atoms with Crippen LogP contribution in [0.1, 0.15) is 11.1 Å². The van der Waals surface area contributed by atoms with E-state index in [1.54, 1.807) is 12.1 Å². The van der Waals surface area contributed by atoms with Crippen LogP contribution in [0.4, 0.5) is 11.4 Å². The van der Waals surface area contributed by atoms with E-state index in [1.807, 2.05) is 72.8 Å². The van der Waals surface area contributed by atoms with Crippen molar-refractivity contribution in [3.63, 3.8) is 0 Å². The van der Waals surface area contributed by atoms with Gasteiger partial charge in [-0.3, -0.25) is 4.98 Å². The van der Waals surface area contributed by atoms with Crippen molar-refractivity contribution < 1.29 is 21.1 Å². The van der Waals surface area contributed by atoms with Gasteiger partial charge in [0, 0.05) is 38.9 Å². The predicted octanol–water partition coefficient (Wildman–Crippen LogP) is 16.7. The zero-order valence-electron chi connectivity index (χ0n) is 40.2. The molecule has 13 aromatic rings. The zero-order chi connectivity index (χ0) is 50.8. The summed E-state index contributed by atoms with van der Waals surface area (Å²) < 4.78 is 0. The number of nitriles is 2. The number of hydrogen-bond donors (Lipinski definition) is 0. The van der Waals surface area contributed by atoms with Crippen molar-refractivity contribution in [3.8, 4) is 79.6 Å². The minimum absolute atomic E-state index is 0. The van der Waals surface area contributed by atoms with Crippen LogP contribution in [0.15, 0.2) is 188 Å². The van der Waals surface area contributed by atoms with Crippen molar-refractivity contribution in [2.75, 3.05) is 0 Å². The van der Waals surface area contributed by atoms with Gasteiger partial charge in [0.05, 0.1) is 48.2 Å². The monoisotopic (exact) mass is 1160 g/mol. The van der Waals surface area contributed by atoms with Crippen LogP contribution in [0, 0.1) is 35.8 Å². The molecule has 0 aliphatic carbocycles. The van der Waals surface area contributed by atoms with E-state index in [1.165, 1.54) is 0 Å². The van der Waals surface area contributed by atoms with Gasteiger partial charge in [-0.15, -0.1) is 11.0 Å². The number of rotatable bonds is 2. The van der Waals surface area contributed by atoms with E-state index in [4.69, 9.17) is 38.1 Å². The molecule has 0 saturated carbocycles. The van der Waals surface area contributed by atoms with Crippen LogP contribution in [0.2, 0.25) is 0 Å². The van der Waals surface area contributed by atoms with E-state index >= 15 is 0 Å². The molecule has 5 heterocycles. The SMILES string of the molecule is [C-]#[N+]c1cc(C#N)cc(-c2c3nc(nc4[n-]c(c(-c5cc(C#N)cc([N+]#[C-])c5)c5nc(cc6[n-]c2c2cc7ccccc7cc62)-c2cc6ccccc6cc2-5)c2cc5ccccc5cc42)-c2cc4ccccc4cc2-3)c1.[Pt+2]. The second kappa shape index (κ2) is 17.3. The molecule has 77 heavy (non-hydrogen) atoms. The van der Waals surface area contributed by atoms with Gasteiger partial charge in [0.1, 0.15) is 0 Å². The first-order valence-corrected chi connectivity index (χ1v) is 24.5. The number of fused-ring (bicyclic) bond motifs is 24. The summed E-state index contributed by atoms with van der Waals surface area (Å²) >= 11 is 0. The minimum Gasteiger partial charge on any atom is -0.656 e. The van der Waals surface area contributed by atoms with Crippen molar-refractivity contribution >= 4 is 98.2 Å². The summed E-state index contributed by atoms with van der Waals surface area (Å²) in [6.07, 6.45) is 0. The van der Waals surface area contributed by atoms with Crippen molar-refractivity contribution in [1.29, 1.82) is 10.5 Å². The Labute approximate surface area is 453 Å². The van der Waals surface area contributed by atoms with Crippen molar-refractivity contribution in [1.82, 2.24) is 24.9 Å². The van der Waals surface area contributed by atoms with E-state index in [2.05, 4.69) is 125 Å². The Hall–Kier alpha value is -10.5. The molecule has 0 N–H and O–H groups in total. The summed E-state index contributed by atoms with van der Waals surface area (Å²) in [5.41, 5.74) is 11.2. The first-order chi connectivity index (χ1) is 37.4. The molecule has 10 heteroatoms. The van der Waals surface area contributed by atoms with Gasteiger partial charge in [-0.25, -0.2) is 14.7 Å². The van der Waals surface area contributed by atoms with E-state index in [-0.39, 0.29) is 21.1 Å². The fraction of sp³-hybridized carbons (Fsp3) is 0. The average Bonchev–Trinajstić information content (AvgIpc) is 4.38. The van der Waals surface area contributed by atoms with Crippen LogP contribution in [0.25, 0.3) is 164 Å². The molecule has 2 aliphatic rings. The molecule has 2 aliphatic heterocycles. The molecule has 3 aromatic heterocycles. The van der Waals surface area contributed by atoms with Crippen LogP contribution in [-0.2, 0) is 21.1 Å². The van der Waals surface area contributed by atoms with Gasteiger partial charge in [-0.2, -0.15) is 10.5 Å². The number of nitrogens with zero attached hydrogens (tertiary/aromatic N) is 9. The van der Waals surface area contributed by atoms with Crippen molar-refractivity contribution in [2.24, 2.45) is 0 Å². The van der Waals surface area contributed by atoms with E-state index in [0.717, 1.165) is 86.9 Å². The third-order valence-electron chi connectivity index (χ3n) is 14.9. The van der Waals surface area contributed by atoms with Gasteiger partial charge in [-0.1, -0.05) is 97.1 Å². The Morgan fingerprint density at radius 1 is 0.403 bits per heavy atom. The third-order valence-corrected chi connectivity index (χ3v) is 14.9. The zero-order valence-corrected chi connectivity index (χ0v) is 42.5. The molecule has 0 atom stereocenters. The molecule has 0 radical (unpaired) electrons. The van der Waals surface area contributed by atoms with E-state index in [0.29, 0.717) is 89.9 Å². The molecule has 8 bridgehead atoms. The van der Waals surface area contributed by atoms with Crippen LogP contribution in [0.3, 0.4) is 0 Å². The van der Waals surface area contributed by atoms with Crippen LogP contribution < -0.4 is 9.97 Å². The maximum atomic E-state index is 10.5. The van der Waals surface area contributed by atoms with Gasteiger partial charge < -0.3 is 15.0 Å². The fourth-order valence-corrected chi connectivity index (χ4v) is 11.4. The molecule has 0 unspecified atom stereocenters. The Morgan fingerprint density at radius 3 is 1.32 bits per heavy atom. The molecule has 354 valence electrons. The molecule has 10 aromatic carbocycles. The van der Waals surface area contributed by atoms with Gasteiger partial charge in [-0.05, 0) is 183 Å². The molecule has 15 rings (SSSR count). The Morgan fingerprint density at radius 2 is 0.818 bits per heavy atom. The normalized spacial score (nSPS) is 11.5. The maximum Gasteiger partial charge on any atom is 2.00 e. The van der Waals surface area contributed by atoms with Gasteiger partial charge in [0.25, 0.3) is 0 Å². The first-order valence-electron chi connectivity index (χ1n) is 24.5. The largest absolute Gasteiger partial charge is 2.00 e. The van der Waals surface area contributed by atoms with Crippen molar-refractivity contribution in [3.05, 3.63) is 222 Å². The minimum atomic E-state index is 0. The third kappa shape index (κ3) is 7.04. The second-order valence-corrected chi connectivity index (χ2v) is 19.2. The average molecular weight is 1160 g/mol. The Kier molecular flexibility index (Phi) is 10.1. The smallest absolute Gasteiger partial charge is 0.656 e. The number of benzene rings is 10. The molecular weight excluding hydrogens is 1130 g/mol. The summed E-state index contributed by atoms with van der Waals surface area (Å²) in [5.74, 6) is 0.420. The summed E-state index contributed by atoms with van der Waals surface area (Å²) in [6, 6.07) is 67.2. The maximum absolute atomic E-state index is 10.5. The van der Waals surface area contributed by atoms with E-state index < -0.39 is 0 Å². The molecular formula is C67H31N9Pt. The summed E-state index contributed by atoms with van der Waals surface area (Å²) in [5, 5.41) is 32.3. The van der Waals surface area contributed by atoms with Gasteiger partial charge in [0.15, 0.2) is 11.4 Å². The molecule has 0 fully saturated rings. The molecule has 0 amide bonds. The summed E-state index contributed by atoms with van der Waals surface area (Å²) in [6.45, 7) is 16.4. The van der Waals surface area contributed by atoms with Crippen molar-refractivity contribution in [2.45, 2.75) is 0 Å². The predicted molar refractivity (Wildman–Crippen MR) is 303 cm³/mol. The quantitative estimate of drug-likeness (QED) is 0.158. The van der Waals surface area contributed by atoms with Gasteiger partial charge in [0.2, 0.25) is 0 Å². The van der Waals surface area contributed by atoms with Gasteiger partial charge >= 0.3 is 21.1 Å². The topological polar surface area (TPSA) is 123 Å². The molecule has 0 saturated heterocycles. The molecule has 0 spiro atoms. The van der Waals surface area contributed by atoms with Crippen LogP contribution in [0.5, 0.6) is 0 Å². The Balaban J connectivity index is 0.00000540. The summed E-state index contributed by atoms with van der Waals surface area (Å²) in [7, 11) is 0. The van der Waals surface area contributed by atoms with Crippen LogP contribution in [-0.4, -0.2) is 15.0 Å². The fourth-order valence-electron chi connectivity index (χ4n) is 11.4. The molecule has 9 nitrogen and oxygen atoms in total. The first kappa shape index (κ1) is 45.1. The number of aromatic nitrogens is 5. The second-order valence-electron chi connectivity index (χ2n) is 19.2. The standard InChI is InChI=1S/C67H31N9.Pt/c1-70-48-21-36(34-68)19-46(23-48)60-62-52-27-40-13-5-3-11-38(40)25-50(52)58(72-62)33-59-51-26-39-12-4-6-14-41(39)28-53(51)63(73-59)61(47-20-37(35-69)22-49(24-47)71-2)65-55-30-43-16-8-10-18-45(43)32-57(55)67(75-65)76-66-56-31-44-17-9-7-15-42(44)29-54(56)64(60)74-66;/h3-33H;/q-2;+2. The van der Waals surface area contributed by atoms with E-state index in [9.17, 15) is 10.5 Å². The summed E-state index contributed by atoms with van der Waals surface area (Å²) in [4.78, 5) is 35.8.